The van der Waals surface area contributed by atoms with Crippen LogP contribution in [0.5, 0.6) is 0 Å². The fourth-order valence-electron chi connectivity index (χ4n) is 2.76. The zero-order chi connectivity index (χ0) is 17.1. The zero-order valence-electron chi connectivity index (χ0n) is 12.8. The predicted octanol–water partition coefficient (Wildman–Crippen LogP) is 2.54. The Kier molecular flexibility index (Phi) is 5.03. The normalized spacial score (nSPS) is 15.9. The molecular weight excluding hydrogens is 340 g/mol. The van der Waals surface area contributed by atoms with Crippen molar-refractivity contribution < 1.29 is 8.78 Å². The van der Waals surface area contributed by atoms with Gasteiger partial charge in [-0.05, 0) is 18.8 Å². The molecule has 0 aliphatic carbocycles. The van der Waals surface area contributed by atoms with Crippen molar-refractivity contribution >= 4 is 17.5 Å². The summed E-state index contributed by atoms with van der Waals surface area (Å²) in [4.78, 5) is 26.0. The van der Waals surface area contributed by atoms with E-state index in [-0.39, 0.29) is 5.92 Å². The van der Waals surface area contributed by atoms with Gasteiger partial charge in [0.1, 0.15) is 5.69 Å². The molecule has 1 aliphatic heterocycles. The summed E-state index contributed by atoms with van der Waals surface area (Å²) in [6, 6.07) is 0.904. The molecule has 0 atom stereocenters. The number of hydrogen-bond acceptors (Lipinski definition) is 5. The Labute approximate surface area is 142 Å². The largest absolute Gasteiger partial charge is 0.341 e. The van der Waals surface area contributed by atoms with Crippen molar-refractivity contribution in [2.45, 2.75) is 25.8 Å². The Morgan fingerprint density at radius 1 is 1.21 bits per heavy atom. The first-order valence-corrected chi connectivity index (χ1v) is 7.98. The van der Waals surface area contributed by atoms with E-state index in [4.69, 9.17) is 11.6 Å². The Morgan fingerprint density at radius 3 is 2.46 bits per heavy atom. The molecule has 3 rings (SSSR count). The molecule has 2 aromatic rings. The number of aromatic nitrogens is 4. The lowest BCUT2D eigenvalue weighted by atomic mass is 9.97. The van der Waals surface area contributed by atoms with Crippen LogP contribution < -0.4 is 10.5 Å². The summed E-state index contributed by atoms with van der Waals surface area (Å²) in [6.45, 7) is 2.01. The molecule has 0 spiro atoms. The van der Waals surface area contributed by atoms with Crippen LogP contribution in [0.1, 0.15) is 25.0 Å². The Bertz CT molecular complexity index is 744. The molecule has 24 heavy (non-hydrogen) atoms. The highest BCUT2D eigenvalue weighted by Crippen LogP contribution is 2.22. The second kappa shape index (κ2) is 7.21. The number of nitrogens with zero attached hydrogens (tertiary/aromatic N) is 5. The molecule has 0 saturated carbocycles. The molecule has 9 heteroatoms. The third-order valence-corrected chi connectivity index (χ3v) is 4.28. The highest BCUT2D eigenvalue weighted by Gasteiger charge is 2.22. The third kappa shape index (κ3) is 3.87. The molecule has 128 valence electrons. The van der Waals surface area contributed by atoms with Gasteiger partial charge in [0.05, 0.1) is 23.7 Å². The van der Waals surface area contributed by atoms with Gasteiger partial charge in [-0.25, -0.2) is 23.7 Å². The molecular formula is C15H16ClF2N5O. The van der Waals surface area contributed by atoms with Crippen LogP contribution in [0.3, 0.4) is 0 Å². The van der Waals surface area contributed by atoms with Gasteiger partial charge in [-0.1, -0.05) is 11.6 Å². The maximum absolute atomic E-state index is 12.5. The molecule has 0 N–H and O–H groups in total. The van der Waals surface area contributed by atoms with Crippen molar-refractivity contribution in [2.75, 3.05) is 18.0 Å². The van der Waals surface area contributed by atoms with Gasteiger partial charge < -0.3 is 4.90 Å². The van der Waals surface area contributed by atoms with Crippen LogP contribution in [0.2, 0.25) is 5.02 Å². The lowest BCUT2D eigenvalue weighted by Crippen LogP contribution is -2.37. The van der Waals surface area contributed by atoms with Crippen molar-refractivity contribution in [3.63, 3.8) is 0 Å². The number of halogens is 3. The molecule has 0 bridgehead atoms. The fourth-order valence-corrected chi connectivity index (χ4v) is 2.86. The fraction of sp³-hybridized carbons (Fsp3) is 0.467. The van der Waals surface area contributed by atoms with E-state index >= 15 is 0 Å². The molecule has 0 unspecified atom stereocenters. The highest BCUT2D eigenvalue weighted by molar-refractivity contribution is 6.30. The first-order chi connectivity index (χ1) is 11.5. The van der Waals surface area contributed by atoms with Gasteiger partial charge in [0, 0.05) is 25.7 Å². The SMILES string of the molecule is O=c1cc(C(F)F)ncn1CC1CCN(c2ncc(Cl)cn2)CC1. The van der Waals surface area contributed by atoms with Crippen molar-refractivity contribution in [1.29, 1.82) is 0 Å². The zero-order valence-corrected chi connectivity index (χ0v) is 13.5. The molecule has 6 nitrogen and oxygen atoms in total. The summed E-state index contributed by atoms with van der Waals surface area (Å²) in [5.41, 5.74) is -0.922. The average Bonchev–Trinajstić information content (AvgIpc) is 2.58. The minimum Gasteiger partial charge on any atom is -0.341 e. The van der Waals surface area contributed by atoms with Gasteiger partial charge in [-0.15, -0.1) is 0 Å². The minimum atomic E-state index is -2.73. The third-order valence-electron chi connectivity index (χ3n) is 4.08. The van der Waals surface area contributed by atoms with Gasteiger partial charge in [0.2, 0.25) is 5.95 Å². The van der Waals surface area contributed by atoms with E-state index < -0.39 is 17.7 Å². The smallest absolute Gasteiger partial charge is 0.280 e. The monoisotopic (exact) mass is 355 g/mol. The van der Waals surface area contributed by atoms with E-state index in [0.29, 0.717) is 17.5 Å². The van der Waals surface area contributed by atoms with Crippen LogP contribution in [0, 0.1) is 5.92 Å². The minimum absolute atomic E-state index is 0.283. The van der Waals surface area contributed by atoms with E-state index in [9.17, 15) is 13.6 Å². The van der Waals surface area contributed by atoms with Crippen LogP contribution in [0.25, 0.3) is 0 Å². The summed E-state index contributed by atoms with van der Waals surface area (Å²) in [7, 11) is 0. The van der Waals surface area contributed by atoms with E-state index in [0.717, 1.165) is 32.0 Å². The van der Waals surface area contributed by atoms with Gasteiger partial charge in [0.25, 0.3) is 12.0 Å². The second-order valence-electron chi connectivity index (χ2n) is 5.74. The quantitative estimate of drug-likeness (QED) is 0.843. The second-order valence-corrected chi connectivity index (χ2v) is 6.17. The van der Waals surface area contributed by atoms with Gasteiger partial charge in [-0.3, -0.25) is 9.36 Å². The van der Waals surface area contributed by atoms with Crippen molar-refractivity contribution in [3.05, 3.63) is 45.9 Å². The molecule has 3 heterocycles. The van der Waals surface area contributed by atoms with E-state index in [2.05, 4.69) is 19.9 Å². The van der Waals surface area contributed by atoms with Crippen LogP contribution in [-0.2, 0) is 6.54 Å². The van der Waals surface area contributed by atoms with Crippen molar-refractivity contribution in [3.8, 4) is 0 Å². The molecule has 1 fully saturated rings. The first-order valence-electron chi connectivity index (χ1n) is 7.60. The van der Waals surface area contributed by atoms with E-state index in [1.165, 1.54) is 10.9 Å². The van der Waals surface area contributed by atoms with Gasteiger partial charge in [0.15, 0.2) is 0 Å². The number of alkyl halides is 2. The van der Waals surface area contributed by atoms with Gasteiger partial charge in [-0.2, -0.15) is 0 Å². The number of hydrogen-bond donors (Lipinski definition) is 0. The Hall–Kier alpha value is -2.09. The van der Waals surface area contributed by atoms with Crippen molar-refractivity contribution in [1.82, 2.24) is 19.5 Å². The molecule has 0 aromatic carbocycles. The lowest BCUT2D eigenvalue weighted by Gasteiger charge is -2.32. The highest BCUT2D eigenvalue weighted by atomic mass is 35.5. The first kappa shape index (κ1) is 16.8. The summed E-state index contributed by atoms with van der Waals surface area (Å²) in [6.07, 6.45) is 3.31. The topological polar surface area (TPSA) is 63.9 Å². The summed E-state index contributed by atoms with van der Waals surface area (Å²) >= 11 is 5.78. The van der Waals surface area contributed by atoms with Crippen LogP contribution in [-0.4, -0.2) is 32.6 Å². The van der Waals surface area contributed by atoms with Crippen molar-refractivity contribution in [2.24, 2.45) is 5.92 Å². The van der Waals surface area contributed by atoms with Crippen LogP contribution in [0.4, 0.5) is 14.7 Å². The van der Waals surface area contributed by atoms with E-state index in [1.54, 1.807) is 12.4 Å². The molecule has 1 aliphatic rings. The molecule has 2 aromatic heterocycles. The van der Waals surface area contributed by atoms with E-state index in [1.807, 2.05) is 0 Å². The average molecular weight is 356 g/mol. The predicted molar refractivity (Wildman–Crippen MR) is 85.4 cm³/mol. The van der Waals surface area contributed by atoms with Crippen LogP contribution >= 0.6 is 11.6 Å². The Morgan fingerprint density at radius 2 is 1.88 bits per heavy atom. The molecule has 0 amide bonds. The molecule has 1 saturated heterocycles. The summed E-state index contributed by atoms with van der Waals surface area (Å²) < 4.78 is 26.5. The summed E-state index contributed by atoms with van der Waals surface area (Å²) in [5, 5.41) is 0.493. The summed E-state index contributed by atoms with van der Waals surface area (Å²) in [5.74, 6) is 0.920. The maximum atomic E-state index is 12.5. The molecule has 0 radical (unpaired) electrons. The lowest BCUT2D eigenvalue weighted by molar-refractivity contribution is 0.145. The standard InChI is InChI=1S/C15H16ClF2N5O/c16-11-6-19-15(20-7-11)22-3-1-10(2-4-22)8-23-9-21-12(14(17)18)5-13(23)24/h5-7,9-10,14H,1-4,8H2. The Balaban J connectivity index is 1.59. The maximum Gasteiger partial charge on any atom is 0.280 e. The number of piperidine rings is 1. The van der Waals surface area contributed by atoms with Gasteiger partial charge >= 0.3 is 0 Å². The number of anilines is 1. The van der Waals surface area contributed by atoms with Crippen LogP contribution in [0.15, 0.2) is 29.6 Å². The number of rotatable bonds is 4.